The summed E-state index contributed by atoms with van der Waals surface area (Å²) in [5.74, 6) is -1.38. The average molecular weight is 398 g/mol. The lowest BCUT2D eigenvalue weighted by molar-refractivity contribution is -0.148. The van der Waals surface area contributed by atoms with Crippen molar-refractivity contribution in [2.45, 2.75) is 19.2 Å². The Balaban J connectivity index is 1.91. The lowest BCUT2D eigenvalue weighted by Gasteiger charge is -2.13. The highest BCUT2D eigenvalue weighted by Gasteiger charge is 2.29. The van der Waals surface area contributed by atoms with E-state index in [9.17, 15) is 22.8 Å². The van der Waals surface area contributed by atoms with Crippen molar-refractivity contribution in [2.24, 2.45) is 0 Å². The zero-order valence-electron chi connectivity index (χ0n) is 14.1. The summed E-state index contributed by atoms with van der Waals surface area (Å²) in [7, 11) is 0. The van der Waals surface area contributed by atoms with Gasteiger partial charge in [-0.3, -0.25) is 4.79 Å². The van der Waals surface area contributed by atoms with Crippen LogP contribution in [0.25, 0.3) is 6.08 Å². The second kappa shape index (κ2) is 8.73. The molecule has 0 radical (unpaired) electrons. The molecule has 0 aromatic heterocycles. The Morgan fingerprint density at radius 2 is 1.74 bits per heavy atom. The zero-order valence-corrected chi connectivity index (χ0v) is 14.8. The minimum absolute atomic E-state index is 0.339. The summed E-state index contributed by atoms with van der Waals surface area (Å²) < 4.78 is 42.5. The summed E-state index contributed by atoms with van der Waals surface area (Å²) in [5, 5.41) is 2.87. The van der Waals surface area contributed by atoms with Gasteiger partial charge in [-0.15, -0.1) is 0 Å². The van der Waals surface area contributed by atoms with Crippen LogP contribution in [0.4, 0.5) is 18.9 Å². The minimum Gasteiger partial charge on any atom is -0.449 e. The number of hydrogen-bond acceptors (Lipinski definition) is 3. The van der Waals surface area contributed by atoms with Crippen LogP contribution in [-0.4, -0.2) is 18.0 Å². The van der Waals surface area contributed by atoms with E-state index in [0.29, 0.717) is 16.3 Å². The van der Waals surface area contributed by atoms with E-state index >= 15 is 0 Å². The summed E-state index contributed by atoms with van der Waals surface area (Å²) in [4.78, 5) is 23.8. The van der Waals surface area contributed by atoms with Crippen molar-refractivity contribution in [3.63, 3.8) is 0 Å². The van der Waals surface area contributed by atoms with E-state index in [2.05, 4.69) is 5.32 Å². The molecule has 1 N–H and O–H groups in total. The first-order chi connectivity index (χ1) is 12.7. The van der Waals surface area contributed by atoms with Crippen LogP contribution in [0.5, 0.6) is 0 Å². The number of amides is 1. The fourth-order valence-corrected chi connectivity index (χ4v) is 2.19. The van der Waals surface area contributed by atoms with Gasteiger partial charge in [-0.1, -0.05) is 35.9 Å². The molecular formula is C19H15ClF3NO3. The molecule has 0 spiro atoms. The largest absolute Gasteiger partial charge is 0.449 e. The van der Waals surface area contributed by atoms with Gasteiger partial charge in [-0.05, 0) is 42.8 Å². The second-order valence-electron chi connectivity index (χ2n) is 5.50. The van der Waals surface area contributed by atoms with Gasteiger partial charge < -0.3 is 10.1 Å². The molecule has 2 aromatic carbocycles. The third-order valence-electron chi connectivity index (χ3n) is 3.44. The number of carbonyl (C=O) groups is 2. The van der Waals surface area contributed by atoms with Crippen LogP contribution in [0, 0.1) is 0 Å². The first-order valence-electron chi connectivity index (χ1n) is 7.78. The Labute approximate surface area is 158 Å². The highest BCUT2D eigenvalue weighted by molar-refractivity contribution is 6.33. The number of hydrogen-bond donors (Lipinski definition) is 1. The Morgan fingerprint density at radius 3 is 2.33 bits per heavy atom. The van der Waals surface area contributed by atoms with Gasteiger partial charge in [0, 0.05) is 6.08 Å². The number of anilines is 1. The number of halogens is 4. The number of carbonyl (C=O) groups excluding carboxylic acids is 2. The van der Waals surface area contributed by atoms with Gasteiger partial charge in [0.2, 0.25) is 0 Å². The molecule has 0 aliphatic heterocycles. The van der Waals surface area contributed by atoms with Crippen molar-refractivity contribution in [1.82, 2.24) is 0 Å². The average Bonchev–Trinajstić information content (AvgIpc) is 2.61. The maximum Gasteiger partial charge on any atom is 0.416 e. The Hall–Kier alpha value is -2.80. The molecule has 0 aliphatic rings. The van der Waals surface area contributed by atoms with Crippen molar-refractivity contribution < 1.29 is 27.5 Å². The molecule has 0 aliphatic carbocycles. The van der Waals surface area contributed by atoms with Crippen molar-refractivity contribution in [3.8, 4) is 0 Å². The molecule has 4 nitrogen and oxygen atoms in total. The molecule has 8 heteroatoms. The predicted molar refractivity (Wildman–Crippen MR) is 96.1 cm³/mol. The lowest BCUT2D eigenvalue weighted by atomic mass is 10.1. The number of ether oxygens (including phenoxy) is 1. The Morgan fingerprint density at radius 1 is 1.11 bits per heavy atom. The topological polar surface area (TPSA) is 55.4 Å². The van der Waals surface area contributed by atoms with E-state index in [1.165, 1.54) is 25.1 Å². The van der Waals surface area contributed by atoms with Gasteiger partial charge in [0.25, 0.3) is 5.91 Å². The van der Waals surface area contributed by atoms with Crippen molar-refractivity contribution in [2.75, 3.05) is 5.32 Å². The van der Waals surface area contributed by atoms with Gasteiger partial charge >= 0.3 is 12.1 Å². The number of nitrogens with one attached hydrogen (secondary N) is 1. The van der Waals surface area contributed by atoms with Crippen LogP contribution >= 0.6 is 11.6 Å². The molecular weight excluding hydrogens is 383 g/mol. The first-order valence-corrected chi connectivity index (χ1v) is 8.16. The maximum absolute atomic E-state index is 12.5. The fraction of sp³-hybridized carbons (Fsp3) is 0.158. The van der Waals surface area contributed by atoms with E-state index < -0.39 is 29.7 Å². The van der Waals surface area contributed by atoms with Crippen LogP contribution in [0.1, 0.15) is 18.1 Å². The molecule has 27 heavy (non-hydrogen) atoms. The first kappa shape index (κ1) is 20.5. The number of alkyl halides is 3. The molecule has 0 bridgehead atoms. The van der Waals surface area contributed by atoms with Crippen molar-refractivity contribution in [3.05, 3.63) is 70.8 Å². The minimum atomic E-state index is -4.42. The standard InChI is InChI=1S/C19H15ClF3NO3/c1-12(18(26)24-16-5-3-2-4-15(16)20)27-17(25)11-8-13-6-9-14(10-7-13)19(21,22)23/h2-12H,1H3,(H,24,26)/b11-8+/t12-/m0/s1. The molecule has 142 valence electrons. The zero-order chi connectivity index (χ0) is 20.0. The Bertz CT molecular complexity index is 848. The summed E-state index contributed by atoms with van der Waals surface area (Å²) >= 11 is 5.93. The number of rotatable bonds is 5. The SMILES string of the molecule is C[C@H](OC(=O)/C=C/c1ccc(C(F)(F)F)cc1)C(=O)Nc1ccccc1Cl. The second-order valence-corrected chi connectivity index (χ2v) is 5.91. The molecule has 0 saturated heterocycles. The van der Waals surface area contributed by atoms with Gasteiger partial charge in [0.15, 0.2) is 6.10 Å². The molecule has 1 atom stereocenters. The molecule has 1 amide bonds. The fourth-order valence-electron chi connectivity index (χ4n) is 2.01. The van der Waals surface area contributed by atoms with Gasteiger partial charge in [0.05, 0.1) is 16.3 Å². The van der Waals surface area contributed by atoms with Crippen molar-refractivity contribution >= 4 is 35.2 Å². The van der Waals surface area contributed by atoms with Crippen molar-refractivity contribution in [1.29, 1.82) is 0 Å². The Kier molecular flexibility index (Phi) is 6.63. The smallest absolute Gasteiger partial charge is 0.416 e. The van der Waals surface area contributed by atoms with Crippen LogP contribution in [0.15, 0.2) is 54.6 Å². The number of para-hydroxylation sites is 1. The third kappa shape index (κ3) is 6.14. The van der Waals surface area contributed by atoms with Gasteiger partial charge in [-0.25, -0.2) is 4.79 Å². The van der Waals surface area contributed by atoms with E-state index in [1.54, 1.807) is 24.3 Å². The lowest BCUT2D eigenvalue weighted by Crippen LogP contribution is -2.29. The highest BCUT2D eigenvalue weighted by atomic mass is 35.5. The molecule has 0 fully saturated rings. The molecule has 0 saturated carbocycles. The third-order valence-corrected chi connectivity index (χ3v) is 3.77. The predicted octanol–water partition coefficient (Wildman–Crippen LogP) is 4.94. The molecule has 0 heterocycles. The van der Waals surface area contributed by atoms with E-state index in [1.807, 2.05) is 0 Å². The highest BCUT2D eigenvalue weighted by Crippen LogP contribution is 2.29. The monoisotopic (exact) mass is 397 g/mol. The number of esters is 1. The molecule has 2 aromatic rings. The quantitative estimate of drug-likeness (QED) is 0.574. The van der Waals surface area contributed by atoms with Crippen LogP contribution < -0.4 is 5.32 Å². The summed E-state index contributed by atoms with van der Waals surface area (Å²) in [5.41, 5.74) is -0.0208. The maximum atomic E-state index is 12.5. The van der Waals surface area contributed by atoms with E-state index in [-0.39, 0.29) is 0 Å². The van der Waals surface area contributed by atoms with Crippen LogP contribution in [0.2, 0.25) is 5.02 Å². The van der Waals surface area contributed by atoms with E-state index in [0.717, 1.165) is 18.2 Å². The van der Waals surface area contributed by atoms with Crippen LogP contribution in [-0.2, 0) is 20.5 Å². The van der Waals surface area contributed by atoms with E-state index in [4.69, 9.17) is 16.3 Å². The molecule has 2 rings (SSSR count). The van der Waals surface area contributed by atoms with Crippen LogP contribution in [0.3, 0.4) is 0 Å². The summed E-state index contributed by atoms with van der Waals surface area (Å²) in [6, 6.07) is 10.8. The number of benzene rings is 2. The molecule has 0 unspecified atom stereocenters. The van der Waals surface area contributed by atoms with Gasteiger partial charge in [0.1, 0.15) is 0 Å². The summed E-state index contributed by atoms with van der Waals surface area (Å²) in [6.45, 7) is 1.38. The summed E-state index contributed by atoms with van der Waals surface area (Å²) in [6.07, 6.45) is -3.19. The van der Waals surface area contributed by atoms with Gasteiger partial charge in [-0.2, -0.15) is 13.2 Å². The normalized spacial score (nSPS) is 12.6.